The number of amides is 2. The molecule has 0 radical (unpaired) electrons. The lowest BCUT2D eigenvalue weighted by molar-refractivity contribution is -0.149. The third kappa shape index (κ3) is 8.70. The van der Waals surface area contributed by atoms with E-state index in [1.807, 2.05) is 47.2 Å². The summed E-state index contributed by atoms with van der Waals surface area (Å²) in [5.41, 5.74) is 15.5. The highest BCUT2D eigenvalue weighted by Crippen LogP contribution is 2.27. The van der Waals surface area contributed by atoms with Crippen molar-refractivity contribution >= 4 is 49.8 Å². The summed E-state index contributed by atoms with van der Waals surface area (Å²) < 4.78 is 0. The minimum absolute atomic E-state index is 0.0576. The SMILES string of the molecule is Cc1cnc(NCCCC2CN(C(=O)[C@H](N)Cc3ccc4ccccc4c3)[C@H](CC(C)C)CN2C(=O)C(N)Cc2ccc3ccccc3c2)s1. The Morgan fingerprint density at radius 3 is 1.84 bits per heavy atom. The fourth-order valence-electron chi connectivity index (χ4n) is 7.29. The zero-order valence-corrected chi connectivity index (χ0v) is 30.2. The first-order chi connectivity index (χ1) is 24.1. The van der Waals surface area contributed by atoms with Gasteiger partial charge in [0.25, 0.3) is 0 Å². The standard InChI is InChI=1S/C41H50N6O2S/c1-27(2)19-36-26-46(39(48)37(42)22-29-14-16-31-9-4-6-11-33(31)20-29)35(13-8-18-44-41-45-24-28(3)50-41)25-47(36)40(49)38(43)23-30-15-17-32-10-5-7-12-34(32)21-30/h4-7,9-12,14-17,20-21,24,27,35-38H,8,13,18-19,22-23,25-26,42-43H2,1-3H3,(H,44,45)/t35?,36-,37?,38-/m1/s1. The monoisotopic (exact) mass is 690 g/mol. The van der Waals surface area contributed by atoms with Gasteiger partial charge in [-0.1, -0.05) is 98.8 Å². The topological polar surface area (TPSA) is 118 Å². The zero-order valence-electron chi connectivity index (χ0n) is 29.4. The van der Waals surface area contributed by atoms with E-state index in [1.165, 1.54) is 0 Å². The van der Waals surface area contributed by atoms with Crippen LogP contribution in [0.3, 0.4) is 0 Å². The fourth-order valence-corrected chi connectivity index (χ4v) is 7.98. The first-order valence-electron chi connectivity index (χ1n) is 17.9. The number of nitrogens with two attached hydrogens (primary N) is 2. The Bertz CT molecular complexity index is 1920. The van der Waals surface area contributed by atoms with E-state index >= 15 is 0 Å². The van der Waals surface area contributed by atoms with Crippen LogP contribution < -0.4 is 16.8 Å². The Kier molecular flexibility index (Phi) is 11.5. The van der Waals surface area contributed by atoms with Gasteiger partial charge in [-0.05, 0) is 77.6 Å². The van der Waals surface area contributed by atoms with Crippen LogP contribution in [0.2, 0.25) is 0 Å². The number of anilines is 1. The Balaban J connectivity index is 1.20. The lowest BCUT2D eigenvalue weighted by atomic mass is 9.93. The van der Waals surface area contributed by atoms with Gasteiger partial charge in [0, 0.05) is 42.8 Å². The normalized spacial score (nSPS) is 17.7. The van der Waals surface area contributed by atoms with Crippen LogP contribution in [0.5, 0.6) is 0 Å². The van der Waals surface area contributed by atoms with Crippen molar-refractivity contribution in [2.24, 2.45) is 17.4 Å². The summed E-state index contributed by atoms with van der Waals surface area (Å²) in [5, 5.41) is 8.91. The molecule has 6 rings (SSSR count). The van der Waals surface area contributed by atoms with Crippen LogP contribution in [-0.4, -0.2) is 70.4 Å². The second-order valence-electron chi connectivity index (χ2n) is 14.2. The van der Waals surface area contributed by atoms with E-state index < -0.39 is 12.1 Å². The van der Waals surface area contributed by atoms with Gasteiger partial charge in [-0.2, -0.15) is 0 Å². The third-order valence-corrected chi connectivity index (χ3v) is 10.7. The number of aromatic nitrogens is 1. The molecule has 9 heteroatoms. The Hall–Kier alpha value is -4.31. The van der Waals surface area contributed by atoms with E-state index in [-0.39, 0.29) is 23.9 Å². The summed E-state index contributed by atoms with van der Waals surface area (Å²) in [4.78, 5) is 38.0. The van der Waals surface area contributed by atoms with E-state index in [0.717, 1.165) is 68.5 Å². The molecule has 2 amide bonds. The molecule has 1 fully saturated rings. The van der Waals surface area contributed by atoms with E-state index in [1.54, 1.807) is 11.3 Å². The molecule has 2 unspecified atom stereocenters. The van der Waals surface area contributed by atoms with E-state index in [9.17, 15) is 9.59 Å². The van der Waals surface area contributed by atoms with Gasteiger partial charge in [-0.15, -0.1) is 11.3 Å². The van der Waals surface area contributed by atoms with Gasteiger partial charge in [0.05, 0.1) is 12.1 Å². The molecule has 0 aliphatic carbocycles. The maximum absolute atomic E-state index is 14.3. The number of fused-ring (bicyclic) bond motifs is 2. The number of carbonyl (C=O) groups is 2. The summed E-state index contributed by atoms with van der Waals surface area (Å²) >= 11 is 1.63. The van der Waals surface area contributed by atoms with Crippen molar-refractivity contribution in [3.05, 3.63) is 107 Å². The van der Waals surface area contributed by atoms with Crippen LogP contribution in [0.4, 0.5) is 5.13 Å². The number of rotatable bonds is 13. The van der Waals surface area contributed by atoms with Gasteiger partial charge in [0.15, 0.2) is 5.13 Å². The quantitative estimate of drug-likeness (QED) is 0.121. The second kappa shape index (κ2) is 16.1. The van der Waals surface area contributed by atoms with Gasteiger partial charge >= 0.3 is 0 Å². The van der Waals surface area contributed by atoms with Crippen LogP contribution in [0, 0.1) is 12.8 Å². The van der Waals surface area contributed by atoms with E-state index in [2.05, 4.69) is 84.8 Å². The third-order valence-electron chi connectivity index (χ3n) is 9.79. The largest absolute Gasteiger partial charge is 0.362 e. The average molecular weight is 691 g/mol. The number of thiazole rings is 1. The van der Waals surface area contributed by atoms with Crippen molar-refractivity contribution in [3.8, 4) is 0 Å². The number of nitrogens with zero attached hydrogens (tertiary/aromatic N) is 3. The van der Waals surface area contributed by atoms with Crippen LogP contribution >= 0.6 is 11.3 Å². The second-order valence-corrected chi connectivity index (χ2v) is 15.5. The number of nitrogens with one attached hydrogen (secondary N) is 1. The molecule has 0 bridgehead atoms. The predicted molar refractivity (Wildman–Crippen MR) is 206 cm³/mol. The minimum Gasteiger partial charge on any atom is -0.362 e. The van der Waals surface area contributed by atoms with Crippen LogP contribution in [0.15, 0.2) is 91.1 Å². The number of aryl methyl sites for hydroxylation is 1. The molecule has 262 valence electrons. The molecule has 1 aliphatic rings. The molecule has 0 saturated carbocycles. The molecule has 1 aromatic heterocycles. The lowest BCUT2D eigenvalue weighted by Crippen LogP contribution is -2.65. The molecule has 5 aromatic rings. The van der Waals surface area contributed by atoms with Crippen molar-refractivity contribution in [2.45, 2.75) is 77.0 Å². The predicted octanol–water partition coefficient (Wildman–Crippen LogP) is 6.54. The molecule has 1 saturated heterocycles. The molecular weight excluding hydrogens is 641 g/mol. The molecule has 4 aromatic carbocycles. The van der Waals surface area contributed by atoms with Crippen LogP contribution in [0.1, 0.15) is 49.1 Å². The van der Waals surface area contributed by atoms with Crippen LogP contribution in [0.25, 0.3) is 21.5 Å². The molecule has 4 atom stereocenters. The van der Waals surface area contributed by atoms with Crippen molar-refractivity contribution in [1.82, 2.24) is 14.8 Å². The summed E-state index contributed by atoms with van der Waals surface area (Å²) in [6.07, 6.45) is 5.08. The van der Waals surface area contributed by atoms with Crippen molar-refractivity contribution in [2.75, 3.05) is 25.0 Å². The highest BCUT2D eigenvalue weighted by molar-refractivity contribution is 7.15. The lowest BCUT2D eigenvalue weighted by Gasteiger charge is -2.48. The Labute approximate surface area is 299 Å². The van der Waals surface area contributed by atoms with Crippen molar-refractivity contribution < 1.29 is 9.59 Å². The highest BCUT2D eigenvalue weighted by Gasteiger charge is 2.40. The average Bonchev–Trinajstić information content (AvgIpc) is 3.53. The summed E-state index contributed by atoms with van der Waals surface area (Å²) in [6.45, 7) is 7.96. The number of hydrogen-bond acceptors (Lipinski definition) is 7. The summed E-state index contributed by atoms with van der Waals surface area (Å²) in [5.74, 6) is 0.212. The Morgan fingerprint density at radius 1 is 0.800 bits per heavy atom. The zero-order chi connectivity index (χ0) is 35.2. The molecule has 2 heterocycles. The maximum atomic E-state index is 14.3. The van der Waals surface area contributed by atoms with Gasteiger partial charge in [0.2, 0.25) is 11.8 Å². The molecule has 50 heavy (non-hydrogen) atoms. The first kappa shape index (κ1) is 35.5. The molecule has 1 aliphatic heterocycles. The molecule has 8 nitrogen and oxygen atoms in total. The molecular formula is C41H50N6O2S. The summed E-state index contributed by atoms with van der Waals surface area (Å²) in [6, 6.07) is 27.3. The van der Waals surface area contributed by atoms with Crippen molar-refractivity contribution in [1.29, 1.82) is 0 Å². The first-order valence-corrected chi connectivity index (χ1v) is 18.7. The molecule has 5 N–H and O–H groups in total. The van der Waals surface area contributed by atoms with Crippen LogP contribution in [-0.2, 0) is 22.4 Å². The fraction of sp³-hybridized carbons (Fsp3) is 0.390. The van der Waals surface area contributed by atoms with Gasteiger partial charge in [0.1, 0.15) is 0 Å². The minimum atomic E-state index is -0.688. The van der Waals surface area contributed by atoms with E-state index in [4.69, 9.17) is 11.5 Å². The summed E-state index contributed by atoms with van der Waals surface area (Å²) in [7, 11) is 0. The van der Waals surface area contributed by atoms with Gasteiger partial charge in [-0.25, -0.2) is 4.98 Å². The number of piperazine rings is 1. The highest BCUT2D eigenvalue weighted by atomic mass is 32.1. The number of benzene rings is 4. The van der Waals surface area contributed by atoms with Gasteiger partial charge in [-0.3, -0.25) is 9.59 Å². The van der Waals surface area contributed by atoms with E-state index in [0.29, 0.717) is 31.8 Å². The van der Waals surface area contributed by atoms with Crippen molar-refractivity contribution in [3.63, 3.8) is 0 Å². The van der Waals surface area contributed by atoms with Gasteiger partial charge < -0.3 is 26.6 Å². The Morgan fingerprint density at radius 2 is 1.32 bits per heavy atom. The number of carbonyl (C=O) groups excluding carboxylic acids is 2. The maximum Gasteiger partial charge on any atom is 0.240 e. The molecule has 0 spiro atoms. The smallest absolute Gasteiger partial charge is 0.240 e. The number of hydrogen-bond donors (Lipinski definition) is 3.